The lowest BCUT2D eigenvalue weighted by atomic mass is 10.1. The van der Waals surface area contributed by atoms with Gasteiger partial charge in [-0.1, -0.05) is 42.5 Å². The molecule has 1 aliphatic heterocycles. The average molecular weight is 255 g/mol. The monoisotopic (exact) mass is 255 g/mol. The minimum atomic E-state index is 0.311. The van der Waals surface area contributed by atoms with E-state index in [-0.39, 0.29) is 0 Å². The van der Waals surface area contributed by atoms with Gasteiger partial charge >= 0.3 is 0 Å². The van der Waals surface area contributed by atoms with Gasteiger partial charge in [0.15, 0.2) is 0 Å². The van der Waals surface area contributed by atoms with E-state index in [0.29, 0.717) is 5.25 Å². The summed E-state index contributed by atoms with van der Waals surface area (Å²) >= 11 is 1.83. The van der Waals surface area contributed by atoms with Gasteiger partial charge in [0.05, 0.1) is 10.9 Å². The van der Waals surface area contributed by atoms with Gasteiger partial charge in [0.1, 0.15) is 0 Å². The number of hydrogen-bond acceptors (Lipinski definition) is 2. The number of fused-ring (bicyclic) bond motifs is 1. The van der Waals surface area contributed by atoms with E-state index in [2.05, 4.69) is 18.2 Å². The van der Waals surface area contributed by atoms with Crippen molar-refractivity contribution >= 4 is 23.9 Å². The van der Waals surface area contributed by atoms with E-state index < -0.39 is 0 Å². The molecule has 2 nitrogen and oxygen atoms in total. The largest absolute Gasteiger partial charge is 0.312 e. The maximum absolute atomic E-state index is 11.2. The molecule has 0 fully saturated rings. The molecule has 0 saturated carbocycles. The number of carbonyl (C=O) groups excluding carboxylic acids is 1. The van der Waals surface area contributed by atoms with E-state index in [1.54, 1.807) is 4.90 Å². The van der Waals surface area contributed by atoms with Crippen LogP contribution < -0.4 is 4.90 Å². The van der Waals surface area contributed by atoms with Crippen molar-refractivity contribution in [1.82, 2.24) is 0 Å². The van der Waals surface area contributed by atoms with Crippen LogP contribution in [0.4, 0.5) is 5.69 Å². The van der Waals surface area contributed by atoms with E-state index >= 15 is 0 Å². The standard InChI is InChI=1S/C15H13NOS/c17-11-16-10-15(12-6-2-1-3-7-12)18-14-9-5-4-8-13(14)16/h1-9,11,15H,10H2. The van der Waals surface area contributed by atoms with Crippen molar-refractivity contribution in [2.45, 2.75) is 10.1 Å². The maximum Gasteiger partial charge on any atom is 0.214 e. The van der Waals surface area contributed by atoms with Gasteiger partial charge in [-0.15, -0.1) is 11.8 Å². The molecule has 1 amide bonds. The highest BCUT2D eigenvalue weighted by Gasteiger charge is 2.25. The third-order valence-electron chi connectivity index (χ3n) is 3.11. The average Bonchev–Trinajstić information content (AvgIpc) is 2.47. The first-order chi connectivity index (χ1) is 8.88. The van der Waals surface area contributed by atoms with Crippen LogP contribution >= 0.6 is 11.8 Å². The van der Waals surface area contributed by atoms with Crippen molar-refractivity contribution < 1.29 is 4.79 Å². The van der Waals surface area contributed by atoms with Crippen molar-refractivity contribution in [2.24, 2.45) is 0 Å². The third-order valence-corrected chi connectivity index (χ3v) is 4.41. The Labute approximate surface area is 111 Å². The molecule has 0 N–H and O–H groups in total. The fraction of sp³-hybridized carbons (Fsp3) is 0.133. The predicted molar refractivity (Wildman–Crippen MR) is 74.9 cm³/mol. The zero-order valence-electron chi connectivity index (χ0n) is 9.82. The lowest BCUT2D eigenvalue weighted by Crippen LogP contribution is -2.29. The van der Waals surface area contributed by atoms with Gasteiger partial charge in [0.25, 0.3) is 0 Å². The Morgan fingerprint density at radius 1 is 1.06 bits per heavy atom. The second-order valence-corrected chi connectivity index (χ2v) is 5.49. The van der Waals surface area contributed by atoms with E-state index in [1.165, 1.54) is 10.5 Å². The Balaban J connectivity index is 1.97. The summed E-state index contributed by atoms with van der Waals surface area (Å²) in [6.45, 7) is 0.731. The van der Waals surface area contributed by atoms with Crippen molar-refractivity contribution in [3.8, 4) is 0 Å². The lowest BCUT2D eigenvalue weighted by molar-refractivity contribution is -0.107. The molecule has 3 heteroatoms. The fourth-order valence-electron chi connectivity index (χ4n) is 2.20. The molecule has 0 spiro atoms. The van der Waals surface area contributed by atoms with Gasteiger partial charge in [-0.3, -0.25) is 4.79 Å². The van der Waals surface area contributed by atoms with Crippen LogP contribution in [0, 0.1) is 0 Å². The summed E-state index contributed by atoms with van der Waals surface area (Å²) in [5.74, 6) is 0. The molecule has 90 valence electrons. The normalized spacial score (nSPS) is 18.2. The number of amides is 1. The number of thioether (sulfide) groups is 1. The first-order valence-corrected chi connectivity index (χ1v) is 6.79. The fourth-order valence-corrected chi connectivity index (χ4v) is 3.50. The van der Waals surface area contributed by atoms with Crippen molar-refractivity contribution in [3.05, 3.63) is 60.2 Å². The summed E-state index contributed by atoms with van der Waals surface area (Å²) in [4.78, 5) is 14.2. The SMILES string of the molecule is O=CN1CC(c2ccccc2)Sc2ccccc21. The highest BCUT2D eigenvalue weighted by molar-refractivity contribution is 7.99. The van der Waals surface area contributed by atoms with E-state index in [9.17, 15) is 4.79 Å². The maximum atomic E-state index is 11.2. The zero-order chi connectivity index (χ0) is 12.4. The molecular formula is C15H13NOS. The number of para-hydroxylation sites is 1. The molecule has 1 atom stereocenters. The number of benzene rings is 2. The highest BCUT2D eigenvalue weighted by atomic mass is 32.2. The molecule has 18 heavy (non-hydrogen) atoms. The van der Waals surface area contributed by atoms with Gasteiger partial charge in [-0.2, -0.15) is 0 Å². The quantitative estimate of drug-likeness (QED) is 0.765. The smallest absolute Gasteiger partial charge is 0.214 e. The van der Waals surface area contributed by atoms with E-state index in [0.717, 1.165) is 18.6 Å². The van der Waals surface area contributed by atoms with Crippen molar-refractivity contribution in [1.29, 1.82) is 0 Å². The molecule has 1 aliphatic rings. The second kappa shape index (κ2) is 4.86. The highest BCUT2D eigenvalue weighted by Crippen LogP contribution is 2.44. The Morgan fingerprint density at radius 3 is 2.56 bits per heavy atom. The predicted octanol–water partition coefficient (Wildman–Crippen LogP) is 3.50. The second-order valence-electron chi connectivity index (χ2n) is 4.24. The third kappa shape index (κ3) is 2.02. The molecule has 0 radical (unpaired) electrons. The Hall–Kier alpha value is -1.74. The van der Waals surface area contributed by atoms with Crippen LogP contribution in [0.15, 0.2) is 59.5 Å². The van der Waals surface area contributed by atoms with Gasteiger partial charge in [0, 0.05) is 11.4 Å². The topological polar surface area (TPSA) is 20.3 Å². The van der Waals surface area contributed by atoms with Crippen LogP contribution in [0.1, 0.15) is 10.8 Å². The molecule has 3 rings (SSSR count). The number of hydrogen-bond donors (Lipinski definition) is 0. The van der Waals surface area contributed by atoms with Crippen molar-refractivity contribution in [3.63, 3.8) is 0 Å². The summed E-state index contributed by atoms with van der Waals surface area (Å²) < 4.78 is 0. The molecular weight excluding hydrogens is 242 g/mol. The van der Waals surface area contributed by atoms with Crippen LogP contribution in [-0.4, -0.2) is 13.0 Å². The van der Waals surface area contributed by atoms with Crippen LogP contribution in [0.2, 0.25) is 0 Å². The Kier molecular flexibility index (Phi) is 3.07. The molecule has 0 aromatic heterocycles. The first kappa shape index (κ1) is 11.4. The molecule has 1 heterocycles. The molecule has 2 aromatic carbocycles. The molecule has 0 saturated heterocycles. The zero-order valence-corrected chi connectivity index (χ0v) is 10.6. The molecule has 0 aliphatic carbocycles. The van der Waals surface area contributed by atoms with Crippen LogP contribution in [0.25, 0.3) is 0 Å². The first-order valence-electron chi connectivity index (χ1n) is 5.91. The van der Waals surface area contributed by atoms with Crippen LogP contribution in [0.3, 0.4) is 0 Å². The summed E-state index contributed by atoms with van der Waals surface area (Å²) in [5, 5.41) is 0.311. The van der Waals surface area contributed by atoms with Crippen LogP contribution in [0.5, 0.6) is 0 Å². The summed E-state index contributed by atoms with van der Waals surface area (Å²) in [6, 6.07) is 18.4. The number of nitrogens with zero attached hydrogens (tertiary/aromatic N) is 1. The molecule has 2 aromatic rings. The lowest BCUT2D eigenvalue weighted by Gasteiger charge is -2.31. The molecule has 0 bridgehead atoms. The summed E-state index contributed by atoms with van der Waals surface area (Å²) in [7, 11) is 0. The summed E-state index contributed by atoms with van der Waals surface area (Å²) in [5.41, 5.74) is 2.29. The number of rotatable bonds is 2. The van der Waals surface area contributed by atoms with Crippen LogP contribution in [-0.2, 0) is 4.79 Å². The summed E-state index contributed by atoms with van der Waals surface area (Å²) in [6.07, 6.45) is 0.925. The minimum absolute atomic E-state index is 0.311. The van der Waals surface area contributed by atoms with Gasteiger partial charge in [-0.05, 0) is 17.7 Å². The van der Waals surface area contributed by atoms with Crippen molar-refractivity contribution in [2.75, 3.05) is 11.4 Å². The Morgan fingerprint density at radius 2 is 1.78 bits per heavy atom. The van der Waals surface area contributed by atoms with Gasteiger partial charge in [-0.25, -0.2) is 0 Å². The van der Waals surface area contributed by atoms with Gasteiger partial charge < -0.3 is 4.90 Å². The minimum Gasteiger partial charge on any atom is -0.312 e. The molecule has 1 unspecified atom stereocenters. The van der Waals surface area contributed by atoms with Gasteiger partial charge in [0.2, 0.25) is 6.41 Å². The number of carbonyl (C=O) groups is 1. The van der Waals surface area contributed by atoms with E-state index in [1.807, 2.05) is 48.2 Å². The number of anilines is 1. The Bertz CT molecular complexity index is 555. The van der Waals surface area contributed by atoms with E-state index in [4.69, 9.17) is 0 Å².